The number of fused-ring (bicyclic) bond motifs is 1. The van der Waals surface area contributed by atoms with Crippen molar-refractivity contribution in [1.82, 2.24) is 10.6 Å². The number of rotatable bonds is 3. The van der Waals surface area contributed by atoms with Crippen molar-refractivity contribution < 1.29 is 22.3 Å². The lowest BCUT2D eigenvalue weighted by atomic mass is 9.57. The minimum Gasteiger partial charge on any atom is -0.377 e. The molecule has 0 radical (unpaired) electrons. The second-order valence-corrected chi connectivity index (χ2v) is 7.41. The molecule has 0 spiro atoms. The van der Waals surface area contributed by atoms with E-state index in [9.17, 15) is 17.6 Å². The first-order valence-corrected chi connectivity index (χ1v) is 8.59. The molecule has 1 saturated carbocycles. The maximum atomic E-state index is 13.2. The molecule has 1 aromatic carbocycles. The van der Waals surface area contributed by atoms with Gasteiger partial charge in [-0.25, -0.2) is 4.39 Å². The summed E-state index contributed by atoms with van der Waals surface area (Å²) in [6, 6.07) is 2.82. The van der Waals surface area contributed by atoms with Gasteiger partial charge >= 0.3 is 6.18 Å². The third-order valence-corrected chi connectivity index (χ3v) is 5.44. The monoisotopic (exact) mass is 373 g/mol. The standard InChI is InChI=1S/C18H23F4N3O/c1-17(2)14(12-6-7-26-15(12)17)25-16(23-3)24-9-10-4-5-11(19)8-13(10)18(20,21)22/h4-5,8,12,14-15H,6-7,9H2,1-3H3,(H2,23,24,25). The van der Waals surface area contributed by atoms with Crippen LogP contribution in [0.3, 0.4) is 0 Å². The Morgan fingerprint density at radius 2 is 2.08 bits per heavy atom. The first-order valence-electron chi connectivity index (χ1n) is 8.59. The van der Waals surface area contributed by atoms with Crippen molar-refractivity contribution >= 4 is 5.96 Å². The van der Waals surface area contributed by atoms with Gasteiger partial charge in [0.1, 0.15) is 5.82 Å². The van der Waals surface area contributed by atoms with Crippen molar-refractivity contribution in [3.05, 3.63) is 35.1 Å². The molecule has 1 aliphatic carbocycles. The number of hydrogen-bond donors (Lipinski definition) is 2. The van der Waals surface area contributed by atoms with Crippen LogP contribution >= 0.6 is 0 Å². The van der Waals surface area contributed by atoms with Crippen molar-refractivity contribution in [3.63, 3.8) is 0 Å². The molecule has 3 rings (SSSR count). The van der Waals surface area contributed by atoms with E-state index in [1.807, 2.05) is 0 Å². The predicted molar refractivity (Wildman–Crippen MR) is 90.2 cm³/mol. The number of nitrogens with zero attached hydrogens (tertiary/aromatic N) is 1. The van der Waals surface area contributed by atoms with Gasteiger partial charge in [0.25, 0.3) is 0 Å². The molecule has 144 valence electrons. The Balaban J connectivity index is 1.67. The topological polar surface area (TPSA) is 45.7 Å². The Morgan fingerprint density at radius 3 is 2.73 bits per heavy atom. The van der Waals surface area contributed by atoms with Crippen molar-refractivity contribution in [1.29, 1.82) is 0 Å². The molecule has 3 atom stereocenters. The molecule has 0 bridgehead atoms. The highest BCUT2D eigenvalue weighted by atomic mass is 19.4. The van der Waals surface area contributed by atoms with Crippen LogP contribution in [0.25, 0.3) is 0 Å². The second kappa shape index (κ2) is 6.72. The summed E-state index contributed by atoms with van der Waals surface area (Å²) in [4.78, 5) is 4.11. The molecule has 2 fully saturated rings. The van der Waals surface area contributed by atoms with Gasteiger partial charge < -0.3 is 15.4 Å². The molecule has 0 amide bonds. The van der Waals surface area contributed by atoms with Crippen LogP contribution in [-0.2, 0) is 17.5 Å². The van der Waals surface area contributed by atoms with Crippen LogP contribution in [0.5, 0.6) is 0 Å². The number of alkyl halides is 3. The summed E-state index contributed by atoms with van der Waals surface area (Å²) in [5.41, 5.74) is -1.09. The van der Waals surface area contributed by atoms with Crippen LogP contribution in [-0.4, -0.2) is 31.8 Å². The third-order valence-electron chi connectivity index (χ3n) is 5.44. The number of nitrogens with one attached hydrogen (secondary N) is 2. The van der Waals surface area contributed by atoms with Crippen LogP contribution in [0.15, 0.2) is 23.2 Å². The summed E-state index contributed by atoms with van der Waals surface area (Å²) in [5, 5.41) is 6.22. The van der Waals surface area contributed by atoms with Crippen molar-refractivity contribution in [2.45, 2.75) is 45.1 Å². The quantitative estimate of drug-likeness (QED) is 0.485. The molecule has 1 aromatic rings. The molecule has 1 aliphatic heterocycles. The lowest BCUT2D eigenvalue weighted by Crippen LogP contribution is -2.67. The van der Waals surface area contributed by atoms with Gasteiger partial charge in [-0.05, 0) is 24.1 Å². The molecular weight excluding hydrogens is 350 g/mol. The number of hydrogen-bond acceptors (Lipinski definition) is 2. The Hall–Kier alpha value is -1.83. The van der Waals surface area contributed by atoms with Crippen LogP contribution in [0.1, 0.15) is 31.4 Å². The molecular formula is C18H23F4N3O. The summed E-state index contributed by atoms with van der Waals surface area (Å²) in [7, 11) is 1.57. The highest BCUT2D eigenvalue weighted by molar-refractivity contribution is 5.80. The number of aliphatic imine (C=N–C) groups is 1. The Labute approximate surface area is 150 Å². The fraction of sp³-hybridized carbons (Fsp3) is 0.611. The zero-order valence-electron chi connectivity index (χ0n) is 15.0. The van der Waals surface area contributed by atoms with Crippen molar-refractivity contribution in [3.8, 4) is 0 Å². The van der Waals surface area contributed by atoms with Crippen molar-refractivity contribution in [2.75, 3.05) is 13.7 Å². The Morgan fingerprint density at radius 1 is 1.35 bits per heavy atom. The highest BCUT2D eigenvalue weighted by Gasteiger charge is 2.59. The first kappa shape index (κ1) is 18.9. The smallest absolute Gasteiger partial charge is 0.377 e. The predicted octanol–water partition coefficient (Wildman–Crippen LogP) is 3.32. The number of benzene rings is 1. The fourth-order valence-corrected chi connectivity index (χ4v) is 4.10. The number of ether oxygens (including phenoxy) is 1. The van der Waals surface area contributed by atoms with E-state index in [0.717, 1.165) is 25.2 Å². The molecule has 1 saturated heterocycles. The number of halogens is 4. The molecule has 3 unspecified atom stereocenters. The molecule has 0 aromatic heterocycles. The Kier molecular flexibility index (Phi) is 4.90. The summed E-state index contributed by atoms with van der Waals surface area (Å²) >= 11 is 0. The third kappa shape index (κ3) is 3.39. The van der Waals surface area contributed by atoms with Gasteiger partial charge in [-0.2, -0.15) is 13.2 Å². The summed E-state index contributed by atoms with van der Waals surface area (Å²) in [6.07, 6.45) is -3.45. The van der Waals surface area contributed by atoms with E-state index in [4.69, 9.17) is 4.74 Å². The van der Waals surface area contributed by atoms with E-state index >= 15 is 0 Å². The maximum Gasteiger partial charge on any atom is 0.416 e. The highest BCUT2D eigenvalue weighted by Crippen LogP contribution is 2.52. The number of guanidine groups is 1. The van der Waals surface area contributed by atoms with Gasteiger partial charge in [-0.3, -0.25) is 4.99 Å². The van der Waals surface area contributed by atoms with E-state index in [0.29, 0.717) is 17.9 Å². The van der Waals surface area contributed by atoms with Gasteiger partial charge in [0.15, 0.2) is 5.96 Å². The van der Waals surface area contributed by atoms with Gasteiger partial charge in [0, 0.05) is 37.6 Å². The minimum atomic E-state index is -4.61. The van der Waals surface area contributed by atoms with Crippen molar-refractivity contribution in [2.24, 2.45) is 16.3 Å². The largest absolute Gasteiger partial charge is 0.416 e. The average molecular weight is 373 g/mol. The summed E-state index contributed by atoms with van der Waals surface area (Å²) in [5.74, 6) is -0.113. The van der Waals surface area contributed by atoms with Crippen LogP contribution in [0, 0.1) is 17.2 Å². The first-order chi connectivity index (χ1) is 12.1. The zero-order chi connectivity index (χ0) is 19.1. The molecule has 2 N–H and O–H groups in total. The van der Waals surface area contributed by atoms with E-state index in [1.165, 1.54) is 0 Å². The van der Waals surface area contributed by atoms with Crippen LogP contribution in [0.2, 0.25) is 0 Å². The van der Waals surface area contributed by atoms with Gasteiger partial charge in [-0.1, -0.05) is 19.9 Å². The molecule has 1 heterocycles. The lowest BCUT2D eigenvalue weighted by Gasteiger charge is -2.54. The molecule has 26 heavy (non-hydrogen) atoms. The van der Waals surface area contributed by atoms with E-state index in [-0.39, 0.29) is 29.7 Å². The summed E-state index contributed by atoms with van der Waals surface area (Å²) < 4.78 is 58.3. The van der Waals surface area contributed by atoms with Crippen LogP contribution < -0.4 is 10.6 Å². The van der Waals surface area contributed by atoms with Gasteiger partial charge in [0.2, 0.25) is 0 Å². The van der Waals surface area contributed by atoms with E-state index < -0.39 is 17.6 Å². The van der Waals surface area contributed by atoms with Gasteiger partial charge in [-0.15, -0.1) is 0 Å². The molecule has 4 nitrogen and oxygen atoms in total. The van der Waals surface area contributed by atoms with E-state index in [2.05, 4.69) is 29.5 Å². The maximum absolute atomic E-state index is 13.2. The lowest BCUT2D eigenvalue weighted by molar-refractivity contribution is -0.138. The van der Waals surface area contributed by atoms with Gasteiger partial charge in [0.05, 0.1) is 11.7 Å². The fourth-order valence-electron chi connectivity index (χ4n) is 4.10. The zero-order valence-corrected chi connectivity index (χ0v) is 15.0. The normalized spacial score (nSPS) is 27.7. The van der Waals surface area contributed by atoms with E-state index in [1.54, 1.807) is 7.05 Å². The van der Waals surface area contributed by atoms with Crippen LogP contribution in [0.4, 0.5) is 17.6 Å². The average Bonchev–Trinajstić information content (AvgIpc) is 3.02. The Bertz CT molecular complexity index is 702. The summed E-state index contributed by atoms with van der Waals surface area (Å²) in [6.45, 7) is 4.83. The molecule has 8 heteroatoms. The minimum absolute atomic E-state index is 0.0307. The second-order valence-electron chi connectivity index (χ2n) is 7.41. The SMILES string of the molecule is CN=C(NCc1ccc(F)cc1C(F)(F)F)NC1C2CCOC2C1(C)C. The molecule has 2 aliphatic rings.